The molecule has 4 heterocycles. The van der Waals surface area contributed by atoms with E-state index in [0.717, 1.165) is 22.8 Å². The van der Waals surface area contributed by atoms with Crippen molar-refractivity contribution >= 4 is 0 Å². The summed E-state index contributed by atoms with van der Waals surface area (Å²) in [5.74, 6) is 0. The maximum absolute atomic E-state index is 8.49. The van der Waals surface area contributed by atoms with Crippen LogP contribution in [0, 0.1) is 20.5 Å². The normalized spacial score (nSPS) is 9.26. The van der Waals surface area contributed by atoms with Gasteiger partial charge in [0, 0.05) is 24.8 Å². The predicted molar refractivity (Wildman–Crippen MR) is 98.8 cm³/mol. The van der Waals surface area contributed by atoms with Crippen molar-refractivity contribution in [1.82, 2.24) is 19.9 Å². The molecule has 0 saturated heterocycles. The summed E-state index contributed by atoms with van der Waals surface area (Å²) in [5, 5.41) is 0. The number of halogens is 2. The molecular formula is C20H18Cl2Cu2N4O10. The predicted octanol–water partition coefficient (Wildman–Crippen LogP) is -5.58. The van der Waals surface area contributed by atoms with Gasteiger partial charge in [-0.05, 0) is 48.5 Å². The van der Waals surface area contributed by atoms with Crippen LogP contribution < -0.4 is 37.3 Å². The van der Waals surface area contributed by atoms with Crippen LogP contribution in [0.25, 0.3) is 22.8 Å². The van der Waals surface area contributed by atoms with Gasteiger partial charge in [-0.3, -0.25) is 19.9 Å². The van der Waals surface area contributed by atoms with Crippen molar-refractivity contribution in [3.05, 3.63) is 97.6 Å². The summed E-state index contributed by atoms with van der Waals surface area (Å²) < 4.78 is 67.9. The molecule has 214 valence electrons. The molecule has 0 saturated carbocycles. The molecule has 0 atom stereocenters. The maximum atomic E-state index is 8.49. The summed E-state index contributed by atoms with van der Waals surface area (Å²) in [6, 6.07) is 23.2. The summed E-state index contributed by atoms with van der Waals surface area (Å²) in [5.41, 5.74) is 3.66. The van der Waals surface area contributed by atoms with E-state index in [1.807, 2.05) is 72.8 Å². The van der Waals surface area contributed by atoms with Gasteiger partial charge in [0.2, 0.25) is 0 Å². The number of pyridine rings is 4. The van der Waals surface area contributed by atoms with E-state index in [0.29, 0.717) is 0 Å². The average Bonchev–Trinajstić information content (AvgIpc) is 2.80. The van der Waals surface area contributed by atoms with E-state index in [-0.39, 0.29) is 45.1 Å². The molecule has 0 aliphatic rings. The first-order chi connectivity index (χ1) is 15.9. The Bertz CT molecular complexity index is 881. The van der Waals surface area contributed by atoms with Crippen molar-refractivity contribution in [2.45, 2.75) is 0 Å². The molecule has 4 aromatic rings. The fraction of sp³-hybridized carbons (Fsp3) is 0. The molecule has 38 heavy (non-hydrogen) atoms. The molecule has 0 amide bonds. The average molecular weight is 672 g/mol. The van der Waals surface area contributed by atoms with Gasteiger partial charge >= 0.3 is 34.1 Å². The molecule has 0 fully saturated rings. The van der Waals surface area contributed by atoms with Gasteiger partial charge in [0.25, 0.3) is 0 Å². The molecule has 0 spiro atoms. The monoisotopic (exact) mass is 670 g/mol. The Balaban J connectivity index is -0.000000211. The Morgan fingerprint density at radius 1 is 0.368 bits per heavy atom. The van der Waals surface area contributed by atoms with E-state index in [2.05, 4.69) is 19.9 Å². The van der Waals surface area contributed by atoms with Crippen LogP contribution in [0.1, 0.15) is 0 Å². The zero-order valence-electron chi connectivity index (χ0n) is 18.5. The van der Waals surface area contributed by atoms with E-state index >= 15 is 0 Å². The molecular weight excluding hydrogens is 654 g/mol. The molecule has 0 aliphatic carbocycles. The van der Waals surface area contributed by atoms with E-state index < -0.39 is 20.5 Å². The van der Waals surface area contributed by atoms with Gasteiger partial charge in [0.1, 0.15) is 0 Å². The fourth-order valence-corrected chi connectivity index (χ4v) is 2.06. The van der Waals surface area contributed by atoms with Crippen molar-refractivity contribution in [2.75, 3.05) is 0 Å². The van der Waals surface area contributed by atoms with Gasteiger partial charge in [-0.25, -0.2) is 37.3 Å². The minimum absolute atomic E-state index is 0. The van der Waals surface area contributed by atoms with E-state index in [9.17, 15) is 0 Å². The summed E-state index contributed by atoms with van der Waals surface area (Å²) in [7, 11) is -9.89. The number of rotatable bonds is 2. The molecule has 0 aromatic carbocycles. The van der Waals surface area contributed by atoms with E-state index in [1.165, 1.54) is 0 Å². The molecule has 0 bridgehead atoms. The second-order valence-electron chi connectivity index (χ2n) is 5.62. The molecule has 2 radical (unpaired) electrons. The standard InChI is InChI=1S/2C10H8N2.2ClHO4.2Cu.2H2O/c2*1-3-7-11-9(5-1)10-6-2-4-8-12-10;2*2-1(3,4)5;;;;/h2*1-8H;2*(H,2,3,4,5);;;2*1H2/q;;;;2*+2;;/p-4. The Kier molecular flexibility index (Phi) is 25.7. The van der Waals surface area contributed by atoms with Crippen molar-refractivity contribution in [3.63, 3.8) is 0 Å². The zero-order chi connectivity index (χ0) is 25.5. The van der Waals surface area contributed by atoms with Gasteiger partial charge in [0.05, 0.1) is 22.8 Å². The van der Waals surface area contributed by atoms with E-state index in [4.69, 9.17) is 37.3 Å². The first-order valence-electron chi connectivity index (χ1n) is 8.82. The second kappa shape index (κ2) is 22.8. The Morgan fingerprint density at radius 2 is 0.526 bits per heavy atom. The van der Waals surface area contributed by atoms with Gasteiger partial charge in [-0.1, -0.05) is 24.3 Å². The molecule has 4 rings (SSSR count). The van der Waals surface area contributed by atoms with Crippen LogP contribution in [-0.4, -0.2) is 30.9 Å². The van der Waals surface area contributed by atoms with Crippen molar-refractivity contribution < 1.29 is 103 Å². The first kappa shape index (κ1) is 42.9. The van der Waals surface area contributed by atoms with Gasteiger partial charge < -0.3 is 11.0 Å². The quantitative estimate of drug-likeness (QED) is 0.179. The van der Waals surface area contributed by atoms with E-state index in [1.54, 1.807) is 24.8 Å². The first-order valence-corrected chi connectivity index (χ1v) is 11.3. The Hall–Kier alpha value is -2.18. The third-order valence-corrected chi connectivity index (χ3v) is 3.18. The Morgan fingerprint density at radius 3 is 0.632 bits per heavy atom. The fourth-order valence-electron chi connectivity index (χ4n) is 2.06. The van der Waals surface area contributed by atoms with Crippen LogP contribution in [-0.2, 0) is 34.1 Å². The molecule has 4 aromatic heterocycles. The SMILES string of the molecule is [Cu+2].[Cu+2].[O-][Cl+3]([O-])([O-])[O-].[O-][Cl+3]([O-])([O-])[O-].[OH-].[OH-].c1ccc(-c2ccccn2)nc1.c1ccc(-c2ccccn2)nc1. The van der Waals surface area contributed by atoms with Gasteiger partial charge in [-0.15, -0.1) is 20.5 Å². The van der Waals surface area contributed by atoms with Crippen LogP contribution in [0.3, 0.4) is 0 Å². The van der Waals surface area contributed by atoms with Crippen molar-refractivity contribution in [3.8, 4) is 22.8 Å². The number of hydrogen-bond donors (Lipinski definition) is 0. The molecule has 14 nitrogen and oxygen atoms in total. The van der Waals surface area contributed by atoms with Gasteiger partial charge in [-0.2, -0.15) is 0 Å². The summed E-state index contributed by atoms with van der Waals surface area (Å²) in [6.07, 6.45) is 7.07. The summed E-state index contributed by atoms with van der Waals surface area (Å²) in [4.78, 5) is 16.7. The number of nitrogens with zero attached hydrogens (tertiary/aromatic N) is 4. The topological polar surface area (TPSA) is 296 Å². The molecule has 18 heteroatoms. The third kappa shape index (κ3) is 25.5. The second-order valence-corrected chi connectivity index (χ2v) is 7.13. The third-order valence-electron chi connectivity index (χ3n) is 3.18. The minimum atomic E-state index is -4.94. The number of hydrogen-bond acceptors (Lipinski definition) is 14. The molecule has 0 unspecified atom stereocenters. The molecule has 0 aliphatic heterocycles. The summed E-state index contributed by atoms with van der Waals surface area (Å²) in [6.45, 7) is 0. The zero-order valence-corrected chi connectivity index (χ0v) is 21.9. The molecule has 2 N–H and O–H groups in total. The van der Waals surface area contributed by atoms with Crippen LogP contribution in [0.4, 0.5) is 0 Å². The van der Waals surface area contributed by atoms with Gasteiger partial charge in [0.15, 0.2) is 0 Å². The largest absolute Gasteiger partial charge is 2.00 e. The Labute approximate surface area is 242 Å². The van der Waals surface area contributed by atoms with Crippen LogP contribution >= 0.6 is 0 Å². The smallest absolute Gasteiger partial charge is 0.870 e. The number of aromatic nitrogens is 4. The minimum Gasteiger partial charge on any atom is -0.870 e. The summed E-state index contributed by atoms with van der Waals surface area (Å²) >= 11 is 0. The maximum Gasteiger partial charge on any atom is 2.00 e. The van der Waals surface area contributed by atoms with Crippen LogP contribution in [0.5, 0.6) is 0 Å². The van der Waals surface area contributed by atoms with Crippen LogP contribution in [0.15, 0.2) is 97.6 Å². The van der Waals surface area contributed by atoms with Crippen LogP contribution in [0.2, 0.25) is 0 Å². The van der Waals surface area contributed by atoms with Crippen molar-refractivity contribution in [1.29, 1.82) is 0 Å². The van der Waals surface area contributed by atoms with Crippen molar-refractivity contribution in [2.24, 2.45) is 0 Å².